The van der Waals surface area contributed by atoms with Gasteiger partial charge in [0.05, 0.1) is 5.02 Å². The quantitative estimate of drug-likeness (QED) is 0.935. The molecule has 21 heavy (non-hydrogen) atoms. The lowest BCUT2D eigenvalue weighted by Crippen LogP contribution is -2.30. The van der Waals surface area contributed by atoms with E-state index in [0.29, 0.717) is 16.6 Å². The van der Waals surface area contributed by atoms with Crippen LogP contribution in [0.4, 0.5) is 5.82 Å². The number of para-hydroxylation sites is 1. The van der Waals surface area contributed by atoms with E-state index in [0.717, 1.165) is 11.1 Å². The molecule has 0 spiro atoms. The summed E-state index contributed by atoms with van der Waals surface area (Å²) in [5.74, 6) is 0.755. The molecule has 110 valence electrons. The van der Waals surface area contributed by atoms with Gasteiger partial charge in [-0.1, -0.05) is 29.8 Å². The second kappa shape index (κ2) is 6.59. The molecule has 1 aromatic carbocycles. The summed E-state index contributed by atoms with van der Waals surface area (Å²) in [4.78, 5) is 16.4. The average molecular weight is 305 g/mol. The van der Waals surface area contributed by atoms with E-state index in [9.17, 15) is 4.79 Å². The van der Waals surface area contributed by atoms with Gasteiger partial charge >= 0.3 is 0 Å². The number of hydrogen-bond donors (Lipinski definition) is 1. The summed E-state index contributed by atoms with van der Waals surface area (Å²) in [6, 6.07) is 9.01. The normalized spacial score (nSPS) is 11.8. The fourth-order valence-corrected chi connectivity index (χ4v) is 2.03. The third-order valence-corrected chi connectivity index (χ3v) is 3.28. The highest BCUT2D eigenvalue weighted by Crippen LogP contribution is 2.24. The number of hydrogen-bond acceptors (Lipinski definition) is 3. The van der Waals surface area contributed by atoms with E-state index in [1.165, 1.54) is 0 Å². The zero-order chi connectivity index (χ0) is 15.4. The highest BCUT2D eigenvalue weighted by atomic mass is 35.5. The molecular formula is C16H17ClN2O2. The molecule has 2 aromatic rings. The first-order chi connectivity index (χ1) is 9.97. The molecule has 0 fully saturated rings. The van der Waals surface area contributed by atoms with Gasteiger partial charge in [0.1, 0.15) is 11.6 Å². The predicted molar refractivity (Wildman–Crippen MR) is 83.9 cm³/mol. The van der Waals surface area contributed by atoms with Gasteiger partial charge in [-0.3, -0.25) is 4.79 Å². The summed E-state index contributed by atoms with van der Waals surface area (Å²) in [5, 5.41) is 3.23. The summed E-state index contributed by atoms with van der Waals surface area (Å²) in [6.07, 6.45) is 1.04. The Balaban J connectivity index is 2.04. The maximum Gasteiger partial charge on any atom is 0.266 e. The van der Waals surface area contributed by atoms with E-state index < -0.39 is 6.10 Å². The minimum atomic E-state index is -0.674. The first-order valence-electron chi connectivity index (χ1n) is 6.62. The van der Waals surface area contributed by atoms with Crippen LogP contribution in [0, 0.1) is 13.8 Å². The number of carbonyl (C=O) groups excluding carboxylic acids is 1. The van der Waals surface area contributed by atoms with Crippen LogP contribution in [0.1, 0.15) is 18.1 Å². The van der Waals surface area contributed by atoms with E-state index in [4.69, 9.17) is 16.3 Å². The molecule has 0 aliphatic carbocycles. The Bertz CT molecular complexity index is 658. The molecule has 4 nitrogen and oxygen atoms in total. The predicted octanol–water partition coefficient (Wildman–Crippen LogP) is 3.76. The molecule has 0 saturated heterocycles. The molecule has 1 N–H and O–H groups in total. The van der Waals surface area contributed by atoms with Gasteiger partial charge in [0.2, 0.25) is 0 Å². The van der Waals surface area contributed by atoms with Gasteiger partial charge in [-0.05, 0) is 44.0 Å². The minimum absolute atomic E-state index is 0.269. The zero-order valence-electron chi connectivity index (χ0n) is 12.2. The van der Waals surface area contributed by atoms with Crippen molar-refractivity contribution in [2.24, 2.45) is 0 Å². The Morgan fingerprint density at radius 1 is 1.33 bits per heavy atom. The van der Waals surface area contributed by atoms with E-state index in [1.807, 2.05) is 19.9 Å². The highest BCUT2D eigenvalue weighted by Gasteiger charge is 2.17. The minimum Gasteiger partial charge on any atom is -0.479 e. The molecule has 0 saturated carbocycles. The Morgan fingerprint density at radius 2 is 2.05 bits per heavy atom. The highest BCUT2D eigenvalue weighted by molar-refractivity contribution is 6.32. The van der Waals surface area contributed by atoms with Crippen molar-refractivity contribution in [1.82, 2.24) is 4.98 Å². The molecule has 0 aliphatic heterocycles. The topological polar surface area (TPSA) is 51.2 Å². The SMILES string of the molecule is Cc1cnc(NC(=O)[C@@H](C)Oc2ccccc2Cl)c(C)c1. The summed E-state index contributed by atoms with van der Waals surface area (Å²) in [6.45, 7) is 5.52. The van der Waals surface area contributed by atoms with Crippen LogP contribution < -0.4 is 10.1 Å². The maximum atomic E-state index is 12.1. The second-order valence-corrected chi connectivity index (χ2v) is 5.27. The maximum absolute atomic E-state index is 12.1. The Kier molecular flexibility index (Phi) is 4.81. The van der Waals surface area contributed by atoms with Crippen LogP contribution >= 0.6 is 11.6 Å². The number of benzene rings is 1. The van der Waals surface area contributed by atoms with Crippen LogP contribution in [-0.2, 0) is 4.79 Å². The van der Waals surface area contributed by atoms with Gasteiger partial charge in [-0.25, -0.2) is 4.98 Å². The van der Waals surface area contributed by atoms with Gasteiger partial charge in [-0.2, -0.15) is 0 Å². The van der Waals surface area contributed by atoms with E-state index in [1.54, 1.807) is 37.4 Å². The Labute approximate surface area is 129 Å². The monoisotopic (exact) mass is 304 g/mol. The fourth-order valence-electron chi connectivity index (χ4n) is 1.85. The number of carbonyl (C=O) groups is 1. The van der Waals surface area contributed by atoms with Crippen LogP contribution in [0.2, 0.25) is 5.02 Å². The number of nitrogens with zero attached hydrogens (tertiary/aromatic N) is 1. The van der Waals surface area contributed by atoms with E-state index >= 15 is 0 Å². The van der Waals surface area contributed by atoms with Crippen molar-refractivity contribution >= 4 is 23.3 Å². The van der Waals surface area contributed by atoms with Gasteiger partial charge in [-0.15, -0.1) is 0 Å². The molecular weight excluding hydrogens is 288 g/mol. The standard InChI is InChI=1S/C16H17ClN2O2/c1-10-8-11(2)15(18-9-10)19-16(20)12(3)21-14-7-5-4-6-13(14)17/h4-9,12H,1-3H3,(H,18,19,20)/t12-/m1/s1. The summed E-state index contributed by atoms with van der Waals surface area (Å²) in [7, 11) is 0. The third-order valence-electron chi connectivity index (χ3n) is 2.97. The van der Waals surface area contributed by atoms with Gasteiger partial charge in [0, 0.05) is 6.20 Å². The number of ether oxygens (including phenoxy) is 1. The van der Waals surface area contributed by atoms with Gasteiger partial charge in [0.25, 0.3) is 5.91 Å². The first kappa shape index (κ1) is 15.3. The molecule has 1 aromatic heterocycles. The summed E-state index contributed by atoms with van der Waals surface area (Å²) >= 11 is 6.01. The lowest BCUT2D eigenvalue weighted by Gasteiger charge is -2.16. The molecule has 0 bridgehead atoms. The number of anilines is 1. The number of pyridine rings is 1. The molecule has 1 amide bonds. The van der Waals surface area contributed by atoms with Crippen molar-refractivity contribution < 1.29 is 9.53 Å². The average Bonchev–Trinajstić information content (AvgIpc) is 2.44. The van der Waals surface area contributed by atoms with Crippen molar-refractivity contribution in [3.63, 3.8) is 0 Å². The van der Waals surface area contributed by atoms with E-state index in [2.05, 4.69) is 10.3 Å². The van der Waals surface area contributed by atoms with Crippen LogP contribution in [0.5, 0.6) is 5.75 Å². The van der Waals surface area contributed by atoms with Crippen molar-refractivity contribution in [2.45, 2.75) is 26.9 Å². The summed E-state index contributed by atoms with van der Waals surface area (Å²) < 4.78 is 5.57. The van der Waals surface area contributed by atoms with Gasteiger partial charge < -0.3 is 10.1 Å². The molecule has 0 aliphatic rings. The Hall–Kier alpha value is -2.07. The van der Waals surface area contributed by atoms with Crippen LogP contribution in [0.3, 0.4) is 0 Å². The summed E-state index contributed by atoms with van der Waals surface area (Å²) in [5.41, 5.74) is 1.96. The lowest BCUT2D eigenvalue weighted by atomic mass is 10.2. The number of rotatable bonds is 4. The number of aryl methyl sites for hydroxylation is 2. The first-order valence-corrected chi connectivity index (χ1v) is 7.00. The van der Waals surface area contributed by atoms with E-state index in [-0.39, 0.29) is 5.91 Å². The molecule has 2 rings (SSSR count). The van der Waals surface area contributed by atoms with Crippen LogP contribution in [0.15, 0.2) is 36.5 Å². The number of aromatic nitrogens is 1. The molecule has 0 radical (unpaired) electrons. The molecule has 5 heteroatoms. The zero-order valence-corrected chi connectivity index (χ0v) is 12.9. The smallest absolute Gasteiger partial charge is 0.266 e. The molecule has 1 heterocycles. The largest absolute Gasteiger partial charge is 0.479 e. The second-order valence-electron chi connectivity index (χ2n) is 4.86. The number of nitrogens with one attached hydrogen (secondary N) is 1. The van der Waals surface area contributed by atoms with Gasteiger partial charge in [0.15, 0.2) is 6.10 Å². The van der Waals surface area contributed by atoms with Crippen molar-refractivity contribution in [1.29, 1.82) is 0 Å². The number of amides is 1. The fraction of sp³-hybridized carbons (Fsp3) is 0.250. The Morgan fingerprint density at radius 3 is 2.71 bits per heavy atom. The number of halogens is 1. The van der Waals surface area contributed by atoms with Crippen molar-refractivity contribution in [3.8, 4) is 5.75 Å². The lowest BCUT2D eigenvalue weighted by molar-refractivity contribution is -0.122. The molecule has 1 atom stereocenters. The van der Waals surface area contributed by atoms with Crippen LogP contribution in [0.25, 0.3) is 0 Å². The van der Waals surface area contributed by atoms with Crippen molar-refractivity contribution in [2.75, 3.05) is 5.32 Å². The van der Waals surface area contributed by atoms with Crippen molar-refractivity contribution in [3.05, 3.63) is 52.7 Å². The van der Waals surface area contributed by atoms with Crippen LogP contribution in [-0.4, -0.2) is 17.0 Å². The third kappa shape index (κ3) is 3.95. The molecule has 0 unspecified atom stereocenters.